The van der Waals surface area contributed by atoms with Gasteiger partial charge in [-0.25, -0.2) is 13.6 Å². The summed E-state index contributed by atoms with van der Waals surface area (Å²) in [4.78, 5) is 12.5. The van der Waals surface area contributed by atoms with E-state index >= 15 is 0 Å². The average molecular weight is 288 g/mol. The number of ether oxygens (including phenoxy) is 1. The lowest BCUT2D eigenvalue weighted by atomic mass is 10.2. The van der Waals surface area contributed by atoms with Gasteiger partial charge in [0.15, 0.2) is 0 Å². The fourth-order valence-corrected chi connectivity index (χ4v) is 1.93. The molecule has 0 spiro atoms. The third-order valence-corrected chi connectivity index (χ3v) is 2.95. The van der Waals surface area contributed by atoms with Crippen molar-refractivity contribution in [2.24, 2.45) is 0 Å². The van der Waals surface area contributed by atoms with E-state index in [1.54, 1.807) is 24.3 Å². The van der Waals surface area contributed by atoms with E-state index in [2.05, 4.69) is 0 Å². The smallest absolute Gasteiger partial charge is 0.333 e. The molecule has 0 bridgehead atoms. The number of carbonyl (C=O) groups is 1. The molecule has 0 unspecified atom stereocenters. The van der Waals surface area contributed by atoms with Gasteiger partial charge >= 0.3 is 5.97 Å². The summed E-state index contributed by atoms with van der Waals surface area (Å²) in [5, 5.41) is 0.586. The van der Waals surface area contributed by atoms with Crippen LogP contribution in [0.15, 0.2) is 36.0 Å². The molecule has 1 aromatic rings. The van der Waals surface area contributed by atoms with Gasteiger partial charge in [0, 0.05) is 17.6 Å². The molecule has 0 atom stereocenters. The zero-order chi connectivity index (χ0) is 13.8. The third kappa shape index (κ3) is 3.92. The van der Waals surface area contributed by atoms with Crippen molar-refractivity contribution in [3.8, 4) is 0 Å². The van der Waals surface area contributed by atoms with Crippen LogP contribution < -0.4 is 0 Å². The molecule has 0 amide bonds. The number of halogens is 3. The van der Waals surface area contributed by atoms with Crippen molar-refractivity contribution in [1.29, 1.82) is 0 Å². The highest BCUT2D eigenvalue weighted by molar-refractivity contribution is 6.30. The van der Waals surface area contributed by atoms with Crippen LogP contribution in [0.1, 0.15) is 5.56 Å². The molecule has 0 saturated carbocycles. The Balaban J connectivity index is 2.11. The lowest BCUT2D eigenvalue weighted by Crippen LogP contribution is -2.28. The van der Waals surface area contributed by atoms with Crippen LogP contribution in [0.2, 0.25) is 5.02 Å². The van der Waals surface area contributed by atoms with Gasteiger partial charge in [0.1, 0.15) is 6.61 Å². The molecule has 0 radical (unpaired) electrons. The second-order valence-electron chi connectivity index (χ2n) is 4.14. The molecule has 1 aliphatic rings. The summed E-state index contributed by atoms with van der Waals surface area (Å²) in [6.07, 6.45) is -1.23. The second-order valence-corrected chi connectivity index (χ2v) is 4.58. The molecule has 0 N–H and O–H groups in total. The van der Waals surface area contributed by atoms with E-state index in [0.717, 1.165) is 5.56 Å². The van der Waals surface area contributed by atoms with Gasteiger partial charge in [0.2, 0.25) is 0 Å². The van der Waals surface area contributed by atoms with Crippen molar-refractivity contribution < 1.29 is 18.3 Å². The number of hydrogen-bond acceptors (Lipinski definition) is 3. The quantitative estimate of drug-likeness (QED) is 0.780. The number of carbonyl (C=O) groups excluding carboxylic acids is 1. The monoisotopic (exact) mass is 287 g/mol. The van der Waals surface area contributed by atoms with E-state index in [1.807, 2.05) is 0 Å². The topological polar surface area (TPSA) is 29.5 Å². The molecular weight excluding hydrogens is 276 g/mol. The maximum absolute atomic E-state index is 12.6. The number of cyclic esters (lactones) is 1. The number of nitrogens with zero attached hydrogens (tertiary/aromatic N) is 1. The first-order valence-corrected chi connectivity index (χ1v) is 6.07. The van der Waals surface area contributed by atoms with Crippen LogP contribution in [0.4, 0.5) is 8.78 Å². The maximum Gasteiger partial charge on any atom is 0.333 e. The van der Waals surface area contributed by atoms with Crippen LogP contribution in [-0.2, 0) is 16.1 Å². The molecule has 0 aliphatic carbocycles. The van der Waals surface area contributed by atoms with Gasteiger partial charge in [-0.1, -0.05) is 23.7 Å². The standard InChI is InChI=1S/C13H12ClF2NO2/c14-10-3-1-9(2-4-10)6-17(7-12(15)16)11-5-13(18)19-8-11/h1-5,12H,6-8H2. The molecule has 1 aromatic carbocycles. The van der Waals surface area contributed by atoms with Crippen LogP contribution in [0.3, 0.4) is 0 Å². The van der Waals surface area contributed by atoms with E-state index < -0.39 is 18.9 Å². The number of benzene rings is 1. The molecule has 3 nitrogen and oxygen atoms in total. The van der Waals surface area contributed by atoms with E-state index in [0.29, 0.717) is 10.7 Å². The van der Waals surface area contributed by atoms with Gasteiger partial charge < -0.3 is 9.64 Å². The Bertz CT molecular complexity index is 488. The molecule has 102 valence electrons. The normalized spacial score (nSPS) is 14.5. The Kier molecular flexibility index (Phi) is 4.37. The largest absolute Gasteiger partial charge is 0.456 e. The number of alkyl halides is 2. The first kappa shape index (κ1) is 13.8. The minimum absolute atomic E-state index is 0.0408. The first-order valence-electron chi connectivity index (χ1n) is 5.69. The highest BCUT2D eigenvalue weighted by atomic mass is 35.5. The zero-order valence-electron chi connectivity index (χ0n) is 9.98. The van der Waals surface area contributed by atoms with E-state index in [9.17, 15) is 13.6 Å². The molecule has 0 saturated heterocycles. The summed E-state index contributed by atoms with van der Waals surface area (Å²) in [7, 11) is 0. The molecule has 1 aliphatic heterocycles. The molecule has 0 fully saturated rings. The summed E-state index contributed by atoms with van der Waals surface area (Å²) >= 11 is 5.77. The van der Waals surface area contributed by atoms with Gasteiger partial charge in [0.25, 0.3) is 6.43 Å². The van der Waals surface area contributed by atoms with Crippen molar-refractivity contribution in [3.05, 3.63) is 46.6 Å². The SMILES string of the molecule is O=C1C=C(N(Cc2ccc(Cl)cc2)CC(F)F)CO1. The fraction of sp³-hybridized carbons (Fsp3) is 0.308. The van der Waals surface area contributed by atoms with E-state index in [-0.39, 0.29) is 13.2 Å². The lowest BCUT2D eigenvalue weighted by Gasteiger charge is -2.24. The van der Waals surface area contributed by atoms with Crippen LogP contribution in [-0.4, -0.2) is 30.4 Å². The first-order chi connectivity index (χ1) is 9.04. The van der Waals surface area contributed by atoms with Gasteiger partial charge in [-0.3, -0.25) is 0 Å². The van der Waals surface area contributed by atoms with Crippen LogP contribution in [0.25, 0.3) is 0 Å². The van der Waals surface area contributed by atoms with Crippen molar-refractivity contribution in [2.45, 2.75) is 13.0 Å². The summed E-state index contributed by atoms with van der Waals surface area (Å²) < 4.78 is 29.9. The van der Waals surface area contributed by atoms with Crippen LogP contribution >= 0.6 is 11.6 Å². The van der Waals surface area contributed by atoms with Gasteiger partial charge in [-0.05, 0) is 17.7 Å². The van der Waals surface area contributed by atoms with E-state index in [4.69, 9.17) is 16.3 Å². The Morgan fingerprint density at radius 1 is 1.32 bits per heavy atom. The predicted octanol–water partition coefficient (Wildman–Crippen LogP) is 2.85. The lowest BCUT2D eigenvalue weighted by molar-refractivity contribution is -0.135. The van der Waals surface area contributed by atoms with Gasteiger partial charge in [-0.15, -0.1) is 0 Å². The Morgan fingerprint density at radius 2 is 2.00 bits per heavy atom. The van der Waals surface area contributed by atoms with Crippen molar-refractivity contribution in [3.63, 3.8) is 0 Å². The van der Waals surface area contributed by atoms with Crippen molar-refractivity contribution in [1.82, 2.24) is 4.90 Å². The number of hydrogen-bond donors (Lipinski definition) is 0. The van der Waals surface area contributed by atoms with Crippen LogP contribution in [0, 0.1) is 0 Å². The Morgan fingerprint density at radius 3 is 2.53 bits per heavy atom. The average Bonchev–Trinajstić information content (AvgIpc) is 2.77. The van der Waals surface area contributed by atoms with Gasteiger partial charge in [-0.2, -0.15) is 0 Å². The molecule has 2 rings (SSSR count). The minimum atomic E-state index is -2.48. The molecule has 19 heavy (non-hydrogen) atoms. The number of esters is 1. The minimum Gasteiger partial charge on any atom is -0.456 e. The van der Waals surface area contributed by atoms with E-state index in [1.165, 1.54) is 11.0 Å². The summed E-state index contributed by atoms with van der Waals surface area (Å²) in [5.41, 5.74) is 1.31. The van der Waals surface area contributed by atoms with Crippen molar-refractivity contribution >= 4 is 17.6 Å². The van der Waals surface area contributed by atoms with Crippen molar-refractivity contribution in [2.75, 3.05) is 13.2 Å². The fourth-order valence-electron chi connectivity index (χ4n) is 1.81. The molecule has 1 heterocycles. The summed E-state index contributed by atoms with van der Waals surface area (Å²) in [5.74, 6) is -0.495. The third-order valence-electron chi connectivity index (χ3n) is 2.70. The highest BCUT2D eigenvalue weighted by Gasteiger charge is 2.21. The Labute approximate surface area is 114 Å². The zero-order valence-corrected chi connectivity index (χ0v) is 10.7. The number of rotatable bonds is 5. The summed E-state index contributed by atoms with van der Waals surface area (Å²) in [6.45, 7) is -0.117. The van der Waals surface area contributed by atoms with Gasteiger partial charge in [0.05, 0.1) is 12.2 Å². The highest BCUT2D eigenvalue weighted by Crippen LogP contribution is 2.18. The molecule has 0 aromatic heterocycles. The van der Waals surface area contributed by atoms with Crippen LogP contribution in [0.5, 0.6) is 0 Å². The molecular formula is C13H12ClF2NO2. The summed E-state index contributed by atoms with van der Waals surface area (Å²) in [6, 6.07) is 6.92. The molecule has 6 heteroatoms. The second kappa shape index (κ2) is 6.02. The Hall–Kier alpha value is -1.62. The maximum atomic E-state index is 12.6. The predicted molar refractivity (Wildman–Crippen MR) is 66.9 cm³/mol.